The summed E-state index contributed by atoms with van der Waals surface area (Å²) in [5.41, 5.74) is 8.14. The highest BCUT2D eigenvalue weighted by molar-refractivity contribution is 14.1. The lowest BCUT2D eigenvalue weighted by Crippen LogP contribution is -1.92. The van der Waals surface area contributed by atoms with Crippen LogP contribution in [-0.4, -0.2) is 26.1 Å². The zero-order chi connectivity index (χ0) is 16.9. The Kier molecular flexibility index (Phi) is 2.38. The van der Waals surface area contributed by atoms with Crippen molar-refractivity contribution in [1.82, 2.24) is 26.1 Å². The molecule has 0 radical (unpaired) electrons. The molecule has 6 aromatic rings. The molecule has 0 N–H and O–H groups in total. The summed E-state index contributed by atoms with van der Waals surface area (Å²) in [6, 6.07) is 10.5. The monoisotopic (exact) mass is 440 g/mol. The van der Waals surface area contributed by atoms with Gasteiger partial charge in [-0.05, 0) is 25.1 Å². The molecule has 0 fully saturated rings. The summed E-state index contributed by atoms with van der Waals surface area (Å²) in [5, 5.41) is 0. The summed E-state index contributed by atoms with van der Waals surface area (Å²) in [5.74, 6) is 1.91. The molecule has 0 atom stereocenters. The van der Waals surface area contributed by atoms with Crippen LogP contribution in [0.15, 0.2) is 42.7 Å². The van der Waals surface area contributed by atoms with Gasteiger partial charge in [0.05, 0.1) is 56.0 Å². The number of rotatable bonds is 0. The second kappa shape index (κ2) is 4.34. The molecule has 0 spiro atoms. The van der Waals surface area contributed by atoms with Crippen LogP contribution in [0, 0.1) is 6.92 Å². The van der Waals surface area contributed by atoms with Gasteiger partial charge < -0.3 is 4.57 Å². The van der Waals surface area contributed by atoms with Gasteiger partial charge >= 0.3 is 0 Å². The number of aryl methyl sites for hydroxylation is 2. The Bertz CT molecular complexity index is 1480. The highest BCUT2D eigenvalue weighted by Crippen LogP contribution is 2.35. The quantitative estimate of drug-likeness (QED) is 0.334. The van der Waals surface area contributed by atoms with Crippen LogP contribution in [0.1, 0.15) is 5.56 Å². The third-order valence-electron chi connectivity index (χ3n) is 5.14. The summed E-state index contributed by atoms with van der Waals surface area (Å²) in [7, 11) is 2.07. The number of aromatic nitrogens is 6. The van der Waals surface area contributed by atoms with Gasteiger partial charge in [0.1, 0.15) is 0 Å². The Balaban J connectivity index is 1.98. The summed E-state index contributed by atoms with van der Waals surface area (Å²) >= 11 is 2.36. The van der Waals surface area contributed by atoms with E-state index in [0.29, 0.717) is 0 Å². The normalized spacial score (nSPS) is 12.6. The van der Waals surface area contributed by atoms with E-state index in [0.717, 1.165) is 22.6 Å². The minimum Gasteiger partial charge on any atom is -0.312 e. The topological polar surface area (TPSA) is 44.5 Å². The summed E-state index contributed by atoms with van der Waals surface area (Å²) in [4.78, 5) is 9.33. The Morgan fingerprint density at radius 1 is 1.00 bits per heavy atom. The van der Waals surface area contributed by atoms with Crippen molar-refractivity contribution in [3.63, 3.8) is 0 Å². The number of imidazole rings is 4. The van der Waals surface area contributed by atoms with E-state index in [2.05, 4.69) is 82.2 Å². The van der Waals surface area contributed by atoms with Crippen molar-refractivity contribution in [1.29, 1.82) is 0 Å². The van der Waals surface area contributed by atoms with Gasteiger partial charge in [0.15, 0.2) is 0 Å². The molecule has 7 heteroatoms. The van der Waals surface area contributed by atoms with Crippen molar-refractivity contribution in [3.05, 3.63) is 48.3 Å². The van der Waals surface area contributed by atoms with Gasteiger partial charge in [-0.1, -0.05) is 12.1 Å². The zero-order valence-corrected chi connectivity index (χ0v) is 15.8. The lowest BCUT2D eigenvalue weighted by molar-refractivity contribution is 0.966. The molecule has 6 nitrogen and oxygen atoms in total. The number of fused-ring (bicyclic) bond motifs is 8. The van der Waals surface area contributed by atoms with E-state index in [4.69, 9.17) is 4.98 Å². The first-order chi connectivity index (χ1) is 12.2. The van der Waals surface area contributed by atoms with Crippen LogP contribution >= 0.6 is 22.9 Å². The van der Waals surface area contributed by atoms with Crippen molar-refractivity contribution in [2.75, 3.05) is 0 Å². The van der Waals surface area contributed by atoms with Crippen LogP contribution in [-0.2, 0) is 7.05 Å². The fraction of sp³-hybridized carbons (Fsp3) is 0.111. The molecule has 2 aromatic carbocycles. The molecule has 0 aliphatic carbocycles. The van der Waals surface area contributed by atoms with E-state index in [1.54, 1.807) is 0 Å². The second-order valence-electron chi connectivity index (χ2n) is 6.41. The minimum absolute atomic E-state index is 0.956. The fourth-order valence-electron chi connectivity index (χ4n) is 4.10. The molecule has 6 rings (SSSR count). The minimum atomic E-state index is 0.956. The highest BCUT2D eigenvalue weighted by atomic mass is 127. The highest BCUT2D eigenvalue weighted by Gasteiger charge is 2.21. The zero-order valence-electron chi connectivity index (χ0n) is 13.6. The number of para-hydroxylation sites is 2. The number of halogens is 1. The third-order valence-corrected chi connectivity index (χ3v) is 6.06. The SMILES string of the molecule is Cc1c2c(cc3c1n(I)c1nc4ccccc4n31)n1ccnc1n2C. The van der Waals surface area contributed by atoms with Crippen molar-refractivity contribution < 1.29 is 0 Å². The van der Waals surface area contributed by atoms with E-state index in [-0.39, 0.29) is 0 Å². The Labute approximate surface area is 155 Å². The third kappa shape index (κ3) is 1.46. The molecule has 0 aliphatic rings. The smallest absolute Gasteiger partial charge is 0.225 e. The number of benzene rings is 2. The number of hydrogen-bond acceptors (Lipinski definition) is 2. The Hall–Kier alpha value is -2.55. The van der Waals surface area contributed by atoms with Crippen LogP contribution in [0.5, 0.6) is 0 Å². The number of hydrogen-bond donors (Lipinski definition) is 0. The van der Waals surface area contributed by atoms with Crippen LogP contribution in [0.3, 0.4) is 0 Å². The Morgan fingerprint density at radius 3 is 2.72 bits per heavy atom. The molecule has 4 aromatic heterocycles. The van der Waals surface area contributed by atoms with Crippen LogP contribution < -0.4 is 0 Å². The van der Waals surface area contributed by atoms with E-state index in [1.165, 1.54) is 27.6 Å². The largest absolute Gasteiger partial charge is 0.312 e. The molecule has 0 unspecified atom stereocenters. The van der Waals surface area contributed by atoms with Crippen LogP contribution in [0.2, 0.25) is 0 Å². The maximum Gasteiger partial charge on any atom is 0.225 e. The van der Waals surface area contributed by atoms with Crippen LogP contribution in [0.25, 0.3) is 44.7 Å². The lowest BCUT2D eigenvalue weighted by Gasteiger charge is -2.04. The van der Waals surface area contributed by atoms with Crippen molar-refractivity contribution in [3.8, 4) is 0 Å². The molecule has 25 heavy (non-hydrogen) atoms. The standard InChI is InChI=1S/C18H13IN6/c1-10-15-13(23-8-7-20-17(23)22(15)2)9-14-16(10)25(19)18-21-11-5-3-4-6-12(11)24(14)18/h3-9H,1-2H3. The molecule has 0 amide bonds. The molecule has 0 bridgehead atoms. The summed E-state index contributed by atoms with van der Waals surface area (Å²) in [6.07, 6.45) is 3.87. The molecule has 122 valence electrons. The van der Waals surface area contributed by atoms with E-state index < -0.39 is 0 Å². The van der Waals surface area contributed by atoms with Crippen molar-refractivity contribution in [2.24, 2.45) is 7.05 Å². The van der Waals surface area contributed by atoms with Crippen molar-refractivity contribution in [2.45, 2.75) is 6.92 Å². The number of nitrogens with zero attached hydrogens (tertiary/aromatic N) is 6. The predicted octanol–water partition coefficient (Wildman–Crippen LogP) is 4.09. The van der Waals surface area contributed by atoms with E-state index >= 15 is 0 Å². The maximum atomic E-state index is 4.84. The van der Waals surface area contributed by atoms with Gasteiger partial charge in [-0.15, -0.1) is 0 Å². The first kappa shape index (κ1) is 13.7. The van der Waals surface area contributed by atoms with Gasteiger partial charge in [-0.3, -0.25) is 8.80 Å². The Morgan fingerprint density at radius 2 is 1.84 bits per heavy atom. The van der Waals surface area contributed by atoms with Gasteiger partial charge in [0, 0.05) is 25.0 Å². The molecular weight excluding hydrogens is 427 g/mol. The average molecular weight is 440 g/mol. The predicted molar refractivity (Wildman–Crippen MR) is 108 cm³/mol. The molecule has 0 saturated heterocycles. The van der Waals surface area contributed by atoms with Gasteiger partial charge in [0.2, 0.25) is 11.6 Å². The first-order valence-electron chi connectivity index (χ1n) is 8.05. The van der Waals surface area contributed by atoms with Crippen molar-refractivity contribution >= 4 is 67.5 Å². The van der Waals surface area contributed by atoms with Gasteiger partial charge in [-0.2, -0.15) is 0 Å². The summed E-state index contributed by atoms with van der Waals surface area (Å²) in [6.45, 7) is 2.18. The van der Waals surface area contributed by atoms with Gasteiger partial charge in [0.25, 0.3) is 0 Å². The summed E-state index contributed by atoms with van der Waals surface area (Å²) < 4.78 is 8.73. The maximum absolute atomic E-state index is 4.84. The van der Waals surface area contributed by atoms with Gasteiger partial charge in [-0.25, -0.2) is 12.7 Å². The molecule has 0 saturated carbocycles. The van der Waals surface area contributed by atoms with Crippen LogP contribution in [0.4, 0.5) is 0 Å². The van der Waals surface area contributed by atoms with E-state index in [1.807, 2.05) is 18.5 Å². The average Bonchev–Trinajstić information content (AvgIpc) is 3.32. The van der Waals surface area contributed by atoms with E-state index in [9.17, 15) is 0 Å². The molecular formula is C18H13IN6. The molecule has 4 heterocycles. The lowest BCUT2D eigenvalue weighted by atomic mass is 10.1. The second-order valence-corrected chi connectivity index (χ2v) is 7.37. The first-order valence-corrected chi connectivity index (χ1v) is 9.02. The molecule has 0 aliphatic heterocycles. The fourth-order valence-corrected chi connectivity index (χ4v) is 5.03.